The topological polar surface area (TPSA) is 35.5 Å². The molecule has 1 unspecified atom stereocenters. The lowest BCUT2D eigenvalue weighted by atomic mass is 9.97. The fourth-order valence-electron chi connectivity index (χ4n) is 3.96. The minimum Gasteiger partial charge on any atom is -0.481 e. The van der Waals surface area contributed by atoms with Crippen molar-refractivity contribution >= 4 is 26.5 Å². The number of ether oxygens (including phenoxy) is 2. The van der Waals surface area contributed by atoms with Crippen LogP contribution in [0.5, 0.6) is 5.75 Å². The molecule has 0 saturated carbocycles. The zero-order chi connectivity index (χ0) is 22.9. The van der Waals surface area contributed by atoms with Crippen LogP contribution in [-0.4, -0.2) is 12.6 Å². The van der Waals surface area contributed by atoms with Crippen molar-refractivity contribution in [3.05, 3.63) is 94.4 Å². The number of thiophene rings is 1. The maximum absolute atomic E-state index is 12.6. The minimum absolute atomic E-state index is 0.0713. The monoisotopic (exact) mass is 445 g/mol. The molecule has 1 aromatic heterocycles. The van der Waals surface area contributed by atoms with E-state index in [1.807, 2.05) is 58.9 Å². The molecule has 1 heterocycles. The largest absolute Gasteiger partial charge is 0.481 e. The number of fused-ring (bicyclic) bond motifs is 1. The Morgan fingerprint density at radius 1 is 0.906 bits per heavy atom. The first-order chi connectivity index (χ1) is 15.2. The normalized spacial score (nSPS) is 12.1. The van der Waals surface area contributed by atoms with Gasteiger partial charge in [0.25, 0.3) is 0 Å². The zero-order valence-corrected chi connectivity index (χ0v) is 20.1. The van der Waals surface area contributed by atoms with Gasteiger partial charge in [-0.2, -0.15) is 0 Å². The Labute approximate surface area is 192 Å². The average Bonchev–Trinajstić information content (AvgIpc) is 3.17. The predicted molar refractivity (Wildman–Crippen MR) is 133 cm³/mol. The van der Waals surface area contributed by atoms with Crippen LogP contribution in [0.2, 0.25) is 0 Å². The Hall–Kier alpha value is -3.11. The highest BCUT2D eigenvalue weighted by molar-refractivity contribution is 7.43. The van der Waals surface area contributed by atoms with Gasteiger partial charge in [-0.25, -0.2) is 4.79 Å². The van der Waals surface area contributed by atoms with Crippen LogP contribution in [0.3, 0.4) is 0 Å². The van der Waals surface area contributed by atoms with E-state index in [-0.39, 0.29) is 23.0 Å². The molecule has 0 saturated heterocycles. The molecule has 0 aliphatic heterocycles. The lowest BCUT2D eigenvalue weighted by Gasteiger charge is -2.26. The lowest BCUT2D eigenvalue weighted by molar-refractivity contribution is -0.159. The van der Waals surface area contributed by atoms with E-state index in [0.717, 1.165) is 22.4 Å². The molecule has 3 nitrogen and oxygen atoms in total. The molecule has 4 aromatic rings. The summed E-state index contributed by atoms with van der Waals surface area (Å²) in [6, 6.07) is 23.1. The molecule has 0 N–H and O–H groups in total. The van der Waals surface area contributed by atoms with E-state index in [2.05, 4.69) is 47.8 Å². The summed E-state index contributed by atoms with van der Waals surface area (Å²) < 4.78 is 13.0. The van der Waals surface area contributed by atoms with Gasteiger partial charge in [-0.3, -0.25) is 0 Å². The van der Waals surface area contributed by atoms with E-state index < -0.39 is 5.60 Å². The first-order valence-electron chi connectivity index (χ1n) is 10.8. The van der Waals surface area contributed by atoms with Crippen LogP contribution < -0.4 is 4.74 Å². The summed E-state index contributed by atoms with van der Waals surface area (Å²) in [5, 5.41) is 3.55. The fourth-order valence-corrected chi connectivity index (χ4v) is 6.03. The zero-order valence-electron chi connectivity index (χ0n) is 19.3. The molecule has 4 heteroatoms. The number of esters is 1. The first-order valence-corrected chi connectivity index (χ1v) is 12.1. The Kier molecular flexibility index (Phi) is 6.07. The van der Waals surface area contributed by atoms with Gasteiger partial charge < -0.3 is 9.47 Å². The molecule has 164 valence electrons. The molecule has 0 radical (unpaired) electrons. The van der Waals surface area contributed by atoms with Gasteiger partial charge in [-0.05, 0) is 63.4 Å². The molecule has 0 spiro atoms. The molecule has 3 aromatic carbocycles. The SMILES string of the molecule is Cc1ccc(C(C)(C)OC(=O)COc2c(C)cc(-[s+]3ccc4ccccc43)cc2C)cc1. The van der Waals surface area contributed by atoms with E-state index in [4.69, 9.17) is 9.47 Å². The lowest BCUT2D eigenvalue weighted by Crippen LogP contribution is -2.28. The van der Waals surface area contributed by atoms with Crippen LogP contribution in [0.4, 0.5) is 0 Å². The predicted octanol–water partition coefficient (Wildman–Crippen LogP) is 7.36. The van der Waals surface area contributed by atoms with Gasteiger partial charge in [0.1, 0.15) is 16.7 Å². The maximum atomic E-state index is 12.6. The molecular formula is C28H29O3S+. The van der Waals surface area contributed by atoms with E-state index in [9.17, 15) is 4.79 Å². The number of rotatable bonds is 6. The number of benzene rings is 3. The second-order valence-corrected chi connectivity index (χ2v) is 10.6. The smallest absolute Gasteiger partial charge is 0.345 e. The van der Waals surface area contributed by atoms with Crippen molar-refractivity contribution in [1.29, 1.82) is 0 Å². The summed E-state index contributed by atoms with van der Waals surface area (Å²) in [6.07, 6.45) is 0. The molecule has 0 amide bonds. The molecular weight excluding hydrogens is 416 g/mol. The number of carbonyl (C=O) groups excluding carboxylic acids is 1. The summed E-state index contributed by atoms with van der Waals surface area (Å²) in [5.41, 5.74) is 3.46. The summed E-state index contributed by atoms with van der Waals surface area (Å²) in [5.74, 6) is 0.367. The maximum Gasteiger partial charge on any atom is 0.345 e. The standard InChI is InChI=1S/C28H29O3S/c1-19-10-12-23(13-11-19)28(4,5)31-26(29)18-30-27-20(2)16-24(17-21(27)3)32-15-14-22-8-6-7-9-25(22)32/h6-17H,18H2,1-5H3/q+1. The Morgan fingerprint density at radius 2 is 1.56 bits per heavy atom. The van der Waals surface area contributed by atoms with Crippen LogP contribution in [0.25, 0.3) is 15.0 Å². The fraction of sp³-hybridized carbons (Fsp3) is 0.250. The number of aryl methyl sites for hydroxylation is 3. The number of carbonyl (C=O) groups is 1. The van der Waals surface area contributed by atoms with Crippen LogP contribution in [0.15, 0.2) is 72.1 Å². The average molecular weight is 446 g/mol. The van der Waals surface area contributed by atoms with Crippen molar-refractivity contribution in [2.75, 3.05) is 6.61 Å². The summed E-state index contributed by atoms with van der Waals surface area (Å²) >= 11 is 0. The van der Waals surface area contributed by atoms with Crippen LogP contribution in [-0.2, 0) is 15.1 Å². The molecule has 32 heavy (non-hydrogen) atoms. The Bertz CT molecular complexity index is 1240. The van der Waals surface area contributed by atoms with E-state index >= 15 is 0 Å². The van der Waals surface area contributed by atoms with Gasteiger partial charge in [0.15, 0.2) is 16.2 Å². The summed E-state index contributed by atoms with van der Waals surface area (Å²) in [6.45, 7) is 9.77. The summed E-state index contributed by atoms with van der Waals surface area (Å²) in [7, 11) is -0.0713. The molecule has 0 bridgehead atoms. The van der Waals surface area contributed by atoms with Crippen LogP contribution in [0.1, 0.15) is 36.1 Å². The Balaban J connectivity index is 1.48. The highest BCUT2D eigenvalue weighted by Gasteiger charge is 2.26. The van der Waals surface area contributed by atoms with Gasteiger partial charge in [0.05, 0.1) is 0 Å². The van der Waals surface area contributed by atoms with Gasteiger partial charge in [-0.1, -0.05) is 42.0 Å². The summed E-state index contributed by atoms with van der Waals surface area (Å²) in [4.78, 5) is 13.8. The number of hydrogen-bond acceptors (Lipinski definition) is 3. The van der Waals surface area contributed by atoms with Crippen molar-refractivity contribution in [3.63, 3.8) is 0 Å². The highest BCUT2D eigenvalue weighted by atomic mass is 32.2. The van der Waals surface area contributed by atoms with E-state index in [0.29, 0.717) is 0 Å². The molecule has 0 aliphatic rings. The van der Waals surface area contributed by atoms with Gasteiger partial charge >= 0.3 is 5.97 Å². The quantitative estimate of drug-likeness (QED) is 0.230. The van der Waals surface area contributed by atoms with E-state index in [1.165, 1.54) is 20.5 Å². The van der Waals surface area contributed by atoms with E-state index in [1.54, 1.807) is 0 Å². The third-order valence-corrected chi connectivity index (χ3v) is 7.67. The van der Waals surface area contributed by atoms with Crippen molar-refractivity contribution in [2.24, 2.45) is 0 Å². The van der Waals surface area contributed by atoms with Crippen molar-refractivity contribution in [3.8, 4) is 10.6 Å². The minimum atomic E-state index is -0.717. The van der Waals surface area contributed by atoms with Gasteiger partial charge in [-0.15, -0.1) is 0 Å². The third-order valence-electron chi connectivity index (χ3n) is 5.68. The van der Waals surface area contributed by atoms with Crippen molar-refractivity contribution in [1.82, 2.24) is 0 Å². The molecule has 0 aliphatic carbocycles. The van der Waals surface area contributed by atoms with Crippen LogP contribution >= 0.6 is 10.5 Å². The molecule has 0 fully saturated rings. The van der Waals surface area contributed by atoms with Crippen LogP contribution in [0, 0.1) is 20.8 Å². The first kappa shape index (κ1) is 22.1. The molecule has 4 rings (SSSR count). The second kappa shape index (κ2) is 8.79. The van der Waals surface area contributed by atoms with Crippen molar-refractivity contribution in [2.45, 2.75) is 40.2 Å². The Morgan fingerprint density at radius 3 is 2.25 bits per heavy atom. The van der Waals surface area contributed by atoms with Gasteiger partial charge in [0, 0.05) is 34.1 Å². The third kappa shape index (κ3) is 4.56. The highest BCUT2D eigenvalue weighted by Crippen LogP contribution is 2.42. The second-order valence-electron chi connectivity index (χ2n) is 8.70. The number of hydrogen-bond donors (Lipinski definition) is 0. The van der Waals surface area contributed by atoms with Crippen molar-refractivity contribution < 1.29 is 14.3 Å². The molecule has 1 atom stereocenters. The van der Waals surface area contributed by atoms with Gasteiger partial charge in [0.2, 0.25) is 0 Å².